The van der Waals surface area contributed by atoms with Gasteiger partial charge in [-0.2, -0.15) is 31.8 Å². The van der Waals surface area contributed by atoms with Gasteiger partial charge in [-0.1, -0.05) is 53.7 Å². The van der Waals surface area contributed by atoms with E-state index in [2.05, 4.69) is 61.3 Å². The lowest BCUT2D eigenvalue weighted by Gasteiger charge is -2.23. The van der Waals surface area contributed by atoms with Crippen LogP contribution < -0.4 is 20.4 Å². The molecule has 0 unspecified atom stereocenters. The maximum atomic E-state index is 11.6. The highest BCUT2D eigenvalue weighted by atomic mass is 32.3. The molecular weight excluding hydrogens is 863 g/mol. The average molecular weight is 904 g/mol. The topological polar surface area (TPSA) is 279 Å². The summed E-state index contributed by atoms with van der Waals surface area (Å²) in [6, 6.07) is 11.0. The molecule has 21 nitrogen and oxygen atoms in total. The first-order valence-electron chi connectivity index (χ1n) is 18.5. The molecule has 0 spiro atoms. The maximum absolute atomic E-state index is 11.6. The second kappa shape index (κ2) is 19.5. The number of azo groups is 2. The van der Waals surface area contributed by atoms with Gasteiger partial charge < -0.3 is 20.4 Å². The zero-order chi connectivity index (χ0) is 42.2. The van der Waals surface area contributed by atoms with Crippen LogP contribution in [0, 0.1) is 0 Å². The highest BCUT2D eigenvalue weighted by Gasteiger charge is 2.21. The fourth-order valence-electron chi connectivity index (χ4n) is 5.98. The molecule has 3 aromatic heterocycles. The van der Waals surface area contributed by atoms with Gasteiger partial charge in [-0.05, 0) is 76.9 Å². The second-order valence-corrected chi connectivity index (χ2v) is 19.1. The van der Waals surface area contributed by atoms with Crippen molar-refractivity contribution in [1.29, 1.82) is 0 Å². The highest BCUT2D eigenvalue weighted by Crippen LogP contribution is 2.38. The maximum Gasteiger partial charge on any atom is 0.324 e. The molecule has 1 fully saturated rings. The van der Waals surface area contributed by atoms with Crippen LogP contribution in [-0.4, -0.2) is 92.7 Å². The normalized spacial score (nSPS) is 14.0. The van der Waals surface area contributed by atoms with Crippen molar-refractivity contribution in [2.24, 2.45) is 20.5 Å². The number of anilines is 6. The Labute approximate surface area is 352 Å². The van der Waals surface area contributed by atoms with Gasteiger partial charge in [0.1, 0.15) is 11.4 Å². The van der Waals surface area contributed by atoms with Crippen molar-refractivity contribution in [3.63, 3.8) is 0 Å². The number of aromatic nitrogens is 7. The molecule has 2 aromatic carbocycles. The van der Waals surface area contributed by atoms with Gasteiger partial charge in [0.2, 0.25) is 11.9 Å². The van der Waals surface area contributed by atoms with Gasteiger partial charge in [0.05, 0.1) is 11.4 Å². The molecule has 3 heterocycles. The fourth-order valence-corrected chi connectivity index (χ4v) is 9.50. The van der Waals surface area contributed by atoms with Crippen molar-refractivity contribution in [1.82, 2.24) is 35.3 Å². The lowest BCUT2D eigenvalue weighted by molar-refractivity contribution is 0.479. The number of thioether (sulfide) groups is 1. The standard InChI is InChI=1S/C33H41N15O6S5/c1-5-47(6-2)20-14-16-23(39-41-30-43-45-32(56-30)58(49,50)51)25(18-20)34-27-36-28(38-29(37-27)55-22-12-10-9-11-13-22)35-26-19-21(48(7-3)8-4)15-17-24(26)40-42-31-44-46-33(57-31)59(52,53)54/h14-19,22H,5-13H2,1-4H3,(H,49,50,51)(H,52,53,54)(H2,34,35,36,37,38)/b41-39+,42-40+. The first-order valence-corrected chi connectivity index (χ1v) is 23.9. The van der Waals surface area contributed by atoms with Gasteiger partial charge in [-0.15, -0.1) is 40.9 Å². The molecule has 1 saturated carbocycles. The van der Waals surface area contributed by atoms with E-state index in [1.807, 2.05) is 52.0 Å². The van der Waals surface area contributed by atoms with Crippen LogP contribution in [0.25, 0.3) is 0 Å². The Hall–Kier alpha value is -4.86. The minimum atomic E-state index is -4.56. The van der Waals surface area contributed by atoms with Crippen LogP contribution in [0.4, 0.5) is 56.3 Å². The van der Waals surface area contributed by atoms with Crippen molar-refractivity contribution in [3.05, 3.63) is 36.4 Å². The number of hydrogen-bond acceptors (Lipinski definition) is 22. The summed E-state index contributed by atoms with van der Waals surface area (Å²) in [6.07, 6.45) is 5.43. The lowest BCUT2D eigenvalue weighted by atomic mass is 10.0. The Morgan fingerprint density at radius 1 is 0.661 bits per heavy atom. The molecule has 59 heavy (non-hydrogen) atoms. The summed E-state index contributed by atoms with van der Waals surface area (Å²) in [5, 5.41) is 38.5. The van der Waals surface area contributed by atoms with Crippen LogP contribution in [0.15, 0.2) is 70.7 Å². The molecule has 0 bridgehead atoms. The highest BCUT2D eigenvalue weighted by molar-refractivity contribution is 7.99. The predicted molar refractivity (Wildman–Crippen MR) is 227 cm³/mol. The second-order valence-electron chi connectivity index (χ2n) is 12.7. The van der Waals surface area contributed by atoms with E-state index in [0.717, 1.165) is 63.2 Å². The van der Waals surface area contributed by atoms with Gasteiger partial charge in [-0.3, -0.25) is 9.11 Å². The minimum Gasteiger partial charge on any atom is -0.372 e. The first-order chi connectivity index (χ1) is 28.3. The Balaban J connectivity index is 1.41. The van der Waals surface area contributed by atoms with E-state index in [9.17, 15) is 25.9 Å². The molecule has 0 atom stereocenters. The van der Waals surface area contributed by atoms with Gasteiger partial charge >= 0.3 is 20.2 Å². The Bertz CT molecular complexity index is 2360. The third kappa shape index (κ3) is 11.7. The molecule has 0 saturated heterocycles. The Kier molecular flexibility index (Phi) is 14.4. The van der Waals surface area contributed by atoms with Gasteiger partial charge in [0, 0.05) is 42.8 Å². The molecule has 1 aliphatic rings. The number of nitrogens with zero attached hydrogens (tertiary/aromatic N) is 13. The predicted octanol–water partition coefficient (Wildman–Crippen LogP) is 8.50. The summed E-state index contributed by atoms with van der Waals surface area (Å²) in [6.45, 7) is 11.1. The van der Waals surface area contributed by atoms with E-state index in [-0.39, 0.29) is 22.2 Å². The molecule has 26 heteroatoms. The lowest BCUT2D eigenvalue weighted by Crippen LogP contribution is -2.21. The van der Waals surface area contributed by atoms with E-state index in [0.29, 0.717) is 55.8 Å². The van der Waals surface area contributed by atoms with Crippen LogP contribution in [0.5, 0.6) is 0 Å². The van der Waals surface area contributed by atoms with Gasteiger partial charge in [0.15, 0.2) is 5.16 Å². The molecular formula is C33H41N15O6S5. The van der Waals surface area contributed by atoms with E-state index in [1.54, 1.807) is 23.9 Å². The van der Waals surface area contributed by atoms with E-state index >= 15 is 0 Å². The largest absolute Gasteiger partial charge is 0.372 e. The molecule has 0 amide bonds. The van der Waals surface area contributed by atoms with E-state index in [4.69, 9.17) is 15.0 Å². The zero-order valence-corrected chi connectivity index (χ0v) is 36.4. The average Bonchev–Trinajstić information content (AvgIpc) is 3.90. The van der Waals surface area contributed by atoms with Crippen LogP contribution in [0.2, 0.25) is 0 Å². The number of hydrogen-bond donors (Lipinski definition) is 4. The fraction of sp³-hybridized carbons (Fsp3) is 0.424. The first kappa shape index (κ1) is 43.7. The van der Waals surface area contributed by atoms with Gasteiger partial charge in [0.25, 0.3) is 18.9 Å². The molecule has 1 aliphatic carbocycles. The smallest absolute Gasteiger partial charge is 0.324 e. The summed E-state index contributed by atoms with van der Waals surface area (Å²) in [4.78, 5) is 18.7. The van der Waals surface area contributed by atoms with Gasteiger partial charge in [-0.25, -0.2) is 0 Å². The van der Waals surface area contributed by atoms with Crippen molar-refractivity contribution >= 4 is 111 Å². The van der Waals surface area contributed by atoms with Crippen molar-refractivity contribution < 1.29 is 25.9 Å². The van der Waals surface area contributed by atoms with Crippen molar-refractivity contribution in [2.75, 3.05) is 46.6 Å². The monoisotopic (exact) mass is 903 g/mol. The quantitative estimate of drug-likeness (QED) is 0.0473. The molecule has 0 aliphatic heterocycles. The summed E-state index contributed by atoms with van der Waals surface area (Å²) in [5.41, 5.74) is 3.42. The van der Waals surface area contributed by atoms with E-state index < -0.39 is 28.9 Å². The molecule has 314 valence electrons. The number of rotatable bonds is 18. The Morgan fingerprint density at radius 2 is 1.10 bits per heavy atom. The zero-order valence-electron chi connectivity index (χ0n) is 32.3. The SMILES string of the molecule is CCN(CC)c1ccc(/N=N/c2nnc(S(=O)(=O)O)s2)c(Nc2nc(Nc3cc(N(CC)CC)ccc3/N=N/c3nnc(S(=O)(=O)O)s3)nc(SC3CCCCC3)n2)c1. The molecule has 6 rings (SSSR count). The van der Waals surface area contributed by atoms with Crippen LogP contribution >= 0.6 is 34.4 Å². The third-order valence-electron chi connectivity index (χ3n) is 8.87. The summed E-state index contributed by atoms with van der Waals surface area (Å²) >= 11 is 2.70. The summed E-state index contributed by atoms with van der Waals surface area (Å²) < 4.78 is 63.7. The van der Waals surface area contributed by atoms with E-state index in [1.165, 1.54) is 6.42 Å². The number of benzene rings is 2. The van der Waals surface area contributed by atoms with Crippen LogP contribution in [-0.2, 0) is 20.2 Å². The third-order valence-corrected chi connectivity index (χ3v) is 14.1. The van der Waals surface area contributed by atoms with Crippen LogP contribution in [0.3, 0.4) is 0 Å². The summed E-state index contributed by atoms with van der Waals surface area (Å²) in [7, 11) is -9.12. The summed E-state index contributed by atoms with van der Waals surface area (Å²) in [5.74, 6) is 0.376. The molecule has 5 aromatic rings. The minimum absolute atomic E-state index is 0.0842. The molecule has 4 N–H and O–H groups in total. The van der Waals surface area contributed by atoms with Crippen molar-refractivity contribution in [2.45, 2.75) is 78.9 Å². The Morgan fingerprint density at radius 3 is 1.49 bits per heavy atom. The van der Waals surface area contributed by atoms with Crippen LogP contribution in [0.1, 0.15) is 59.8 Å². The molecule has 0 radical (unpaired) electrons. The van der Waals surface area contributed by atoms with Crippen molar-refractivity contribution in [3.8, 4) is 0 Å². The number of nitrogens with one attached hydrogen (secondary N) is 2.